The fraction of sp³-hybridized carbons (Fsp3) is 0.778. The van der Waals surface area contributed by atoms with Gasteiger partial charge in [0.25, 0.3) is 6.47 Å². The van der Waals surface area contributed by atoms with Gasteiger partial charge in [-0.3, -0.25) is 9.59 Å². The second kappa shape index (κ2) is 5.70. The van der Waals surface area contributed by atoms with E-state index < -0.39 is 0 Å². The first-order chi connectivity index (χ1) is 5.95. The zero-order valence-corrected chi connectivity index (χ0v) is 8.33. The summed E-state index contributed by atoms with van der Waals surface area (Å²) < 4.78 is 9.26. The highest BCUT2D eigenvalue weighted by Gasteiger charge is 2.08. The highest BCUT2D eigenvalue weighted by atomic mass is 16.5. The van der Waals surface area contributed by atoms with Crippen molar-refractivity contribution in [2.45, 2.75) is 32.8 Å². The number of Topliss-reactive ketones (excluding diaryl/α,β-unsaturated/α-hetero) is 1. The maximum Gasteiger partial charge on any atom is 0.293 e. The summed E-state index contributed by atoms with van der Waals surface area (Å²) in [5.41, 5.74) is -0.318. The molecule has 0 bridgehead atoms. The van der Waals surface area contributed by atoms with E-state index in [2.05, 4.69) is 4.74 Å². The molecule has 76 valence electrons. The summed E-state index contributed by atoms with van der Waals surface area (Å²) in [6.45, 7) is 6.91. The maximum absolute atomic E-state index is 10.1. The average Bonchev–Trinajstić information content (AvgIpc) is 2.38. The van der Waals surface area contributed by atoms with Gasteiger partial charge in [0.15, 0.2) is 5.78 Å². The smallest absolute Gasteiger partial charge is 0.293 e. The molecule has 0 N–H and O–H groups in total. The second-order valence-corrected chi connectivity index (χ2v) is 3.67. The van der Waals surface area contributed by atoms with Gasteiger partial charge in [-0.1, -0.05) is 0 Å². The summed E-state index contributed by atoms with van der Waals surface area (Å²) >= 11 is 0. The summed E-state index contributed by atoms with van der Waals surface area (Å²) in [6.07, 6.45) is 0.625. The van der Waals surface area contributed by atoms with Gasteiger partial charge in [-0.2, -0.15) is 0 Å². The molecule has 0 atom stereocenters. The minimum atomic E-state index is -0.318. The Balaban J connectivity index is 0.000000223. The summed E-state index contributed by atoms with van der Waals surface area (Å²) in [4.78, 5) is 19.7. The molecule has 0 amide bonds. The van der Waals surface area contributed by atoms with Crippen LogP contribution in [0.5, 0.6) is 0 Å². The molecule has 4 heteroatoms. The van der Waals surface area contributed by atoms with Crippen molar-refractivity contribution in [3.8, 4) is 0 Å². The van der Waals surface area contributed by atoms with Crippen LogP contribution in [0.3, 0.4) is 0 Å². The van der Waals surface area contributed by atoms with Crippen molar-refractivity contribution in [2.24, 2.45) is 0 Å². The molecule has 0 aromatic heterocycles. The van der Waals surface area contributed by atoms with Crippen molar-refractivity contribution in [2.75, 3.05) is 13.2 Å². The Labute approximate surface area is 78.2 Å². The average molecular weight is 188 g/mol. The molecule has 0 saturated carbocycles. The lowest BCUT2D eigenvalue weighted by Gasteiger charge is -2.14. The first-order valence-corrected chi connectivity index (χ1v) is 4.16. The number of ketones is 1. The maximum atomic E-state index is 10.1. The van der Waals surface area contributed by atoms with Crippen LogP contribution >= 0.6 is 0 Å². The molecule has 1 saturated heterocycles. The third-order valence-electron chi connectivity index (χ3n) is 1.19. The molecule has 0 radical (unpaired) electrons. The first-order valence-electron chi connectivity index (χ1n) is 4.16. The molecule has 0 aromatic rings. The van der Waals surface area contributed by atoms with Crippen LogP contribution in [0.25, 0.3) is 0 Å². The Morgan fingerprint density at radius 3 is 2.15 bits per heavy atom. The van der Waals surface area contributed by atoms with Gasteiger partial charge in [-0.25, -0.2) is 0 Å². The predicted octanol–water partition coefficient (Wildman–Crippen LogP) is 0.934. The van der Waals surface area contributed by atoms with Gasteiger partial charge in [0, 0.05) is 6.42 Å². The third kappa shape index (κ3) is 9.01. The van der Waals surface area contributed by atoms with Crippen LogP contribution in [0, 0.1) is 0 Å². The van der Waals surface area contributed by atoms with Gasteiger partial charge < -0.3 is 9.47 Å². The highest BCUT2D eigenvalue weighted by molar-refractivity contribution is 5.81. The van der Waals surface area contributed by atoms with E-state index in [1.807, 2.05) is 20.8 Å². The number of rotatable bonds is 1. The first kappa shape index (κ1) is 12.1. The molecule has 0 aliphatic carbocycles. The SMILES string of the molecule is CC(C)(C)OC=O.O=C1CCOC1. The van der Waals surface area contributed by atoms with E-state index in [9.17, 15) is 9.59 Å². The van der Waals surface area contributed by atoms with Crippen molar-refractivity contribution < 1.29 is 19.1 Å². The van der Waals surface area contributed by atoms with Crippen LogP contribution in [0.15, 0.2) is 0 Å². The molecule has 1 fully saturated rings. The number of carbonyl (C=O) groups is 2. The monoisotopic (exact) mass is 188 g/mol. The van der Waals surface area contributed by atoms with Crippen molar-refractivity contribution in [1.29, 1.82) is 0 Å². The van der Waals surface area contributed by atoms with Crippen LogP contribution in [-0.4, -0.2) is 31.1 Å². The van der Waals surface area contributed by atoms with Crippen molar-refractivity contribution in [3.05, 3.63) is 0 Å². The largest absolute Gasteiger partial charge is 0.462 e. The van der Waals surface area contributed by atoms with Crippen LogP contribution in [0.2, 0.25) is 0 Å². The van der Waals surface area contributed by atoms with E-state index in [0.717, 1.165) is 0 Å². The van der Waals surface area contributed by atoms with Gasteiger partial charge in [0.05, 0.1) is 6.61 Å². The second-order valence-electron chi connectivity index (χ2n) is 3.67. The number of carbonyl (C=O) groups excluding carboxylic acids is 2. The Bertz CT molecular complexity index is 161. The Morgan fingerprint density at radius 2 is 2.08 bits per heavy atom. The standard InChI is InChI=1S/C5H10O2.C4H6O2/c1-5(2,3)7-4-6;5-4-1-2-6-3-4/h4H,1-3H3;1-3H2. The normalized spacial score (nSPS) is 16.1. The molecule has 1 aliphatic heterocycles. The molecular weight excluding hydrogens is 172 g/mol. The van der Waals surface area contributed by atoms with E-state index >= 15 is 0 Å². The zero-order valence-electron chi connectivity index (χ0n) is 8.33. The van der Waals surface area contributed by atoms with Crippen molar-refractivity contribution in [1.82, 2.24) is 0 Å². The third-order valence-corrected chi connectivity index (χ3v) is 1.19. The van der Waals surface area contributed by atoms with Gasteiger partial charge in [-0.15, -0.1) is 0 Å². The molecule has 1 heterocycles. The topological polar surface area (TPSA) is 52.6 Å². The lowest BCUT2D eigenvalue weighted by molar-refractivity contribution is -0.138. The number of hydrogen-bond acceptors (Lipinski definition) is 4. The number of hydrogen-bond donors (Lipinski definition) is 0. The minimum absolute atomic E-state index is 0.231. The molecular formula is C9H16O4. The lowest BCUT2D eigenvalue weighted by atomic mass is 10.2. The lowest BCUT2D eigenvalue weighted by Crippen LogP contribution is -2.17. The van der Waals surface area contributed by atoms with Crippen molar-refractivity contribution in [3.63, 3.8) is 0 Å². The van der Waals surface area contributed by atoms with E-state index in [-0.39, 0.29) is 11.4 Å². The van der Waals surface area contributed by atoms with E-state index in [1.165, 1.54) is 0 Å². The Hall–Kier alpha value is -0.900. The quantitative estimate of drug-likeness (QED) is 0.574. The molecule has 0 aromatic carbocycles. The van der Waals surface area contributed by atoms with Crippen LogP contribution in [0.4, 0.5) is 0 Å². The van der Waals surface area contributed by atoms with Gasteiger partial charge in [0.2, 0.25) is 0 Å². The molecule has 0 unspecified atom stereocenters. The molecule has 0 spiro atoms. The van der Waals surface area contributed by atoms with E-state index in [0.29, 0.717) is 26.1 Å². The zero-order chi connectivity index (χ0) is 10.3. The Kier molecular flexibility index (Phi) is 5.30. The van der Waals surface area contributed by atoms with Gasteiger partial charge >= 0.3 is 0 Å². The molecule has 1 aliphatic rings. The fourth-order valence-corrected chi connectivity index (χ4v) is 0.589. The Morgan fingerprint density at radius 1 is 1.46 bits per heavy atom. The molecule has 4 nitrogen and oxygen atoms in total. The van der Waals surface area contributed by atoms with Gasteiger partial charge in [0.1, 0.15) is 12.2 Å². The van der Waals surface area contributed by atoms with Crippen LogP contribution < -0.4 is 0 Å². The van der Waals surface area contributed by atoms with Gasteiger partial charge in [-0.05, 0) is 20.8 Å². The molecule has 1 rings (SSSR count). The summed E-state index contributed by atoms with van der Waals surface area (Å²) in [7, 11) is 0. The van der Waals surface area contributed by atoms with Crippen LogP contribution in [-0.2, 0) is 19.1 Å². The molecule has 13 heavy (non-hydrogen) atoms. The predicted molar refractivity (Wildman–Crippen MR) is 47.3 cm³/mol. The summed E-state index contributed by atoms with van der Waals surface area (Å²) in [5, 5.41) is 0. The van der Waals surface area contributed by atoms with Crippen LogP contribution in [0.1, 0.15) is 27.2 Å². The van der Waals surface area contributed by atoms with Crippen molar-refractivity contribution >= 4 is 12.3 Å². The summed E-state index contributed by atoms with van der Waals surface area (Å²) in [6, 6.07) is 0. The summed E-state index contributed by atoms with van der Waals surface area (Å²) in [5.74, 6) is 0.231. The van der Waals surface area contributed by atoms with E-state index in [4.69, 9.17) is 4.74 Å². The minimum Gasteiger partial charge on any atom is -0.462 e. The number of ether oxygens (including phenoxy) is 2. The van der Waals surface area contributed by atoms with E-state index in [1.54, 1.807) is 0 Å². The fourth-order valence-electron chi connectivity index (χ4n) is 0.589. The highest BCUT2D eigenvalue weighted by Crippen LogP contribution is 2.02.